The van der Waals surface area contributed by atoms with Crippen molar-refractivity contribution in [3.63, 3.8) is 0 Å². The Bertz CT molecular complexity index is 598. The highest BCUT2D eigenvalue weighted by Crippen LogP contribution is 2.24. The molecule has 0 fully saturated rings. The van der Waals surface area contributed by atoms with Crippen molar-refractivity contribution < 1.29 is 22.7 Å². The molecule has 1 aromatic rings. The van der Waals surface area contributed by atoms with E-state index in [0.29, 0.717) is 31.6 Å². The Morgan fingerprint density at radius 1 is 1.18 bits per heavy atom. The molecule has 0 aromatic heterocycles. The molecule has 0 aliphatic rings. The average Bonchev–Trinajstić information content (AvgIpc) is 2.50. The van der Waals surface area contributed by atoms with Gasteiger partial charge in [0.1, 0.15) is 10.6 Å². The number of sulfonamides is 1. The fourth-order valence-electron chi connectivity index (χ4n) is 1.95. The minimum atomic E-state index is -3.60. The molecule has 0 bridgehead atoms. The Labute approximate surface area is 131 Å². The van der Waals surface area contributed by atoms with Crippen LogP contribution in [0.4, 0.5) is 0 Å². The molecule has 0 radical (unpaired) electrons. The lowest BCUT2D eigenvalue weighted by atomic mass is 10.2. The number of aryl methyl sites for hydroxylation is 1. The van der Waals surface area contributed by atoms with Crippen LogP contribution in [0.15, 0.2) is 23.1 Å². The molecule has 0 aliphatic carbocycles. The van der Waals surface area contributed by atoms with Crippen LogP contribution in [-0.4, -0.2) is 35.2 Å². The van der Waals surface area contributed by atoms with E-state index in [2.05, 4.69) is 9.46 Å². The Hall–Kier alpha value is -1.60. The smallest absolute Gasteiger partial charge is 0.305 e. The summed E-state index contributed by atoms with van der Waals surface area (Å²) in [5, 5.41) is 0. The summed E-state index contributed by atoms with van der Waals surface area (Å²) in [6.07, 6.45) is 2.45. The van der Waals surface area contributed by atoms with Gasteiger partial charge in [-0.15, -0.1) is 0 Å². The number of hydrogen-bond donors (Lipinski definition) is 1. The first-order chi connectivity index (χ1) is 10.4. The number of methoxy groups -OCH3 is 2. The number of hydrogen-bond acceptors (Lipinski definition) is 5. The van der Waals surface area contributed by atoms with Gasteiger partial charge >= 0.3 is 5.97 Å². The van der Waals surface area contributed by atoms with E-state index in [-0.39, 0.29) is 10.9 Å². The van der Waals surface area contributed by atoms with E-state index in [9.17, 15) is 13.2 Å². The van der Waals surface area contributed by atoms with Crippen molar-refractivity contribution in [1.82, 2.24) is 4.72 Å². The maximum Gasteiger partial charge on any atom is 0.305 e. The normalized spacial score (nSPS) is 11.2. The SMILES string of the molecule is COC(=O)CCCCCNS(=O)(=O)c1cc(C)ccc1OC. The third-order valence-electron chi connectivity index (χ3n) is 3.19. The Morgan fingerprint density at radius 2 is 1.91 bits per heavy atom. The van der Waals surface area contributed by atoms with E-state index in [0.717, 1.165) is 12.0 Å². The summed E-state index contributed by atoms with van der Waals surface area (Å²) in [5.74, 6) is 0.0777. The molecule has 0 saturated heterocycles. The van der Waals surface area contributed by atoms with Crippen LogP contribution in [0.1, 0.15) is 31.2 Å². The largest absolute Gasteiger partial charge is 0.495 e. The van der Waals surface area contributed by atoms with Crippen LogP contribution >= 0.6 is 0 Å². The third-order valence-corrected chi connectivity index (χ3v) is 4.67. The van der Waals surface area contributed by atoms with Crippen molar-refractivity contribution in [2.45, 2.75) is 37.5 Å². The summed E-state index contributed by atoms with van der Waals surface area (Å²) in [4.78, 5) is 11.1. The van der Waals surface area contributed by atoms with Crippen molar-refractivity contribution >= 4 is 16.0 Å². The molecule has 0 spiro atoms. The van der Waals surface area contributed by atoms with Gasteiger partial charge in [0.05, 0.1) is 14.2 Å². The van der Waals surface area contributed by atoms with Crippen molar-refractivity contribution in [1.29, 1.82) is 0 Å². The standard InChI is InChI=1S/C15H23NO5S/c1-12-8-9-13(20-2)14(11-12)22(18,19)16-10-6-4-5-7-15(17)21-3/h8-9,11,16H,4-7,10H2,1-3H3. The number of carbonyl (C=O) groups is 1. The zero-order valence-corrected chi connectivity index (χ0v) is 14.0. The number of benzene rings is 1. The molecule has 22 heavy (non-hydrogen) atoms. The van der Waals surface area contributed by atoms with Gasteiger partial charge in [0, 0.05) is 13.0 Å². The molecule has 0 unspecified atom stereocenters. The Balaban J connectivity index is 2.51. The number of unbranched alkanes of at least 4 members (excludes halogenated alkanes) is 2. The molecule has 0 atom stereocenters. The summed E-state index contributed by atoms with van der Waals surface area (Å²) in [7, 11) is -0.806. The molecule has 0 amide bonds. The van der Waals surface area contributed by atoms with Gasteiger partial charge in [0.2, 0.25) is 10.0 Å². The van der Waals surface area contributed by atoms with Gasteiger partial charge in [-0.1, -0.05) is 12.5 Å². The van der Waals surface area contributed by atoms with E-state index in [1.54, 1.807) is 18.2 Å². The van der Waals surface area contributed by atoms with Crippen LogP contribution in [0.25, 0.3) is 0 Å². The van der Waals surface area contributed by atoms with Gasteiger partial charge in [-0.05, 0) is 37.5 Å². The summed E-state index contributed by atoms with van der Waals surface area (Å²) in [6, 6.07) is 5.02. The highest BCUT2D eigenvalue weighted by atomic mass is 32.2. The second-order valence-electron chi connectivity index (χ2n) is 4.94. The molecular weight excluding hydrogens is 306 g/mol. The van der Waals surface area contributed by atoms with Crippen LogP contribution < -0.4 is 9.46 Å². The molecule has 1 aromatic carbocycles. The zero-order chi connectivity index (χ0) is 16.6. The minimum absolute atomic E-state index is 0.143. The van der Waals surface area contributed by atoms with E-state index in [1.165, 1.54) is 14.2 Å². The van der Waals surface area contributed by atoms with Crippen LogP contribution in [-0.2, 0) is 19.6 Å². The molecule has 124 valence electrons. The second-order valence-corrected chi connectivity index (χ2v) is 6.67. The first-order valence-electron chi connectivity index (χ1n) is 7.12. The maximum absolute atomic E-state index is 12.3. The van der Waals surface area contributed by atoms with Crippen molar-refractivity contribution in [3.8, 4) is 5.75 Å². The van der Waals surface area contributed by atoms with Gasteiger partial charge < -0.3 is 9.47 Å². The number of nitrogens with one attached hydrogen (secondary N) is 1. The van der Waals surface area contributed by atoms with Crippen LogP contribution in [0.3, 0.4) is 0 Å². The number of rotatable bonds is 9. The summed E-state index contributed by atoms with van der Waals surface area (Å²) >= 11 is 0. The molecule has 0 heterocycles. The van der Waals surface area contributed by atoms with Gasteiger partial charge in [0.25, 0.3) is 0 Å². The van der Waals surface area contributed by atoms with E-state index in [1.807, 2.05) is 6.92 Å². The van der Waals surface area contributed by atoms with Gasteiger partial charge in [-0.25, -0.2) is 13.1 Å². The van der Waals surface area contributed by atoms with Crippen molar-refractivity contribution in [2.75, 3.05) is 20.8 Å². The van der Waals surface area contributed by atoms with Gasteiger partial charge in [0.15, 0.2) is 0 Å². The quantitative estimate of drug-likeness (QED) is 0.554. The summed E-state index contributed by atoms with van der Waals surface area (Å²) in [6.45, 7) is 2.14. The van der Waals surface area contributed by atoms with Crippen molar-refractivity contribution in [2.24, 2.45) is 0 Å². The lowest BCUT2D eigenvalue weighted by molar-refractivity contribution is -0.140. The van der Waals surface area contributed by atoms with Crippen LogP contribution in [0.2, 0.25) is 0 Å². The lowest BCUT2D eigenvalue weighted by Crippen LogP contribution is -2.25. The first-order valence-corrected chi connectivity index (χ1v) is 8.60. The fourth-order valence-corrected chi connectivity index (χ4v) is 3.28. The molecule has 7 heteroatoms. The average molecular weight is 329 g/mol. The van der Waals surface area contributed by atoms with Gasteiger partial charge in [-0.3, -0.25) is 4.79 Å². The lowest BCUT2D eigenvalue weighted by Gasteiger charge is -2.11. The highest BCUT2D eigenvalue weighted by Gasteiger charge is 2.18. The van der Waals surface area contributed by atoms with E-state index >= 15 is 0 Å². The molecular formula is C15H23NO5S. The molecule has 1 N–H and O–H groups in total. The predicted molar refractivity (Wildman–Crippen MR) is 83.4 cm³/mol. The summed E-state index contributed by atoms with van der Waals surface area (Å²) in [5.41, 5.74) is 0.847. The number of esters is 1. The number of ether oxygens (including phenoxy) is 2. The monoisotopic (exact) mass is 329 g/mol. The first kappa shape index (κ1) is 18.4. The van der Waals surface area contributed by atoms with Gasteiger partial charge in [-0.2, -0.15) is 0 Å². The molecule has 0 aliphatic heterocycles. The fraction of sp³-hybridized carbons (Fsp3) is 0.533. The highest BCUT2D eigenvalue weighted by molar-refractivity contribution is 7.89. The second kappa shape index (κ2) is 8.75. The molecule has 1 rings (SSSR count). The number of carbonyl (C=O) groups excluding carboxylic acids is 1. The zero-order valence-electron chi connectivity index (χ0n) is 13.2. The predicted octanol–water partition coefficient (Wildman–Crippen LogP) is 2.02. The molecule has 0 saturated carbocycles. The summed E-state index contributed by atoms with van der Waals surface area (Å²) < 4.78 is 36.8. The minimum Gasteiger partial charge on any atom is -0.495 e. The van der Waals surface area contributed by atoms with Crippen molar-refractivity contribution in [3.05, 3.63) is 23.8 Å². The van der Waals surface area contributed by atoms with Crippen LogP contribution in [0.5, 0.6) is 5.75 Å². The molecule has 6 nitrogen and oxygen atoms in total. The maximum atomic E-state index is 12.3. The topological polar surface area (TPSA) is 81.7 Å². The van der Waals surface area contributed by atoms with E-state index in [4.69, 9.17) is 4.74 Å². The Kier molecular flexibility index (Phi) is 7.34. The van der Waals surface area contributed by atoms with E-state index < -0.39 is 10.0 Å². The van der Waals surface area contributed by atoms with Crippen LogP contribution in [0, 0.1) is 6.92 Å². The Morgan fingerprint density at radius 3 is 2.55 bits per heavy atom. The third kappa shape index (κ3) is 5.65.